The summed E-state index contributed by atoms with van der Waals surface area (Å²) in [7, 11) is 1.68. The number of hydroxylamine groups is 2. The van der Waals surface area contributed by atoms with E-state index < -0.39 is 0 Å². The standard InChI is InChI=1S/C18H20N4O.2ClH/c1-13-10-21(15-7-5-4-6-8-15)18-17(14(13)2)19-9-16-11-20(23-3)12-22(16)18;;/h4-11,14H,12H2,1-3H3;2*1H. The highest BCUT2D eigenvalue weighted by Crippen LogP contribution is 2.40. The Bertz CT molecular complexity index is 758. The highest BCUT2D eigenvalue weighted by atomic mass is 35.5. The van der Waals surface area contributed by atoms with Crippen molar-refractivity contribution in [2.24, 2.45) is 10.9 Å². The summed E-state index contributed by atoms with van der Waals surface area (Å²) in [5.74, 6) is 1.42. The van der Waals surface area contributed by atoms with E-state index in [-0.39, 0.29) is 24.8 Å². The molecular formula is C18H22Cl2N4O. The van der Waals surface area contributed by atoms with Crippen LogP contribution in [0, 0.1) is 5.92 Å². The smallest absolute Gasteiger partial charge is 0.142 e. The molecule has 134 valence electrons. The third-order valence-electron chi connectivity index (χ3n) is 4.61. The topological polar surface area (TPSA) is 31.3 Å². The van der Waals surface area contributed by atoms with Crippen LogP contribution >= 0.6 is 24.8 Å². The monoisotopic (exact) mass is 380 g/mol. The molecule has 0 saturated heterocycles. The molecule has 0 N–H and O–H groups in total. The molecule has 7 heteroatoms. The van der Waals surface area contributed by atoms with E-state index in [0.717, 1.165) is 22.9 Å². The summed E-state index contributed by atoms with van der Waals surface area (Å²) in [6, 6.07) is 10.4. The molecule has 1 aromatic carbocycles. The maximum absolute atomic E-state index is 5.37. The molecule has 1 unspecified atom stereocenters. The summed E-state index contributed by atoms with van der Waals surface area (Å²) in [6.45, 7) is 5.04. The van der Waals surface area contributed by atoms with Gasteiger partial charge in [0, 0.05) is 17.8 Å². The van der Waals surface area contributed by atoms with E-state index in [2.05, 4.69) is 54.1 Å². The van der Waals surface area contributed by atoms with E-state index in [1.54, 1.807) is 7.11 Å². The molecule has 0 saturated carbocycles. The van der Waals surface area contributed by atoms with Gasteiger partial charge in [0.25, 0.3) is 0 Å². The number of hydrogen-bond acceptors (Lipinski definition) is 5. The molecule has 3 aliphatic heterocycles. The van der Waals surface area contributed by atoms with Gasteiger partial charge in [-0.3, -0.25) is 9.83 Å². The molecule has 3 aliphatic rings. The molecule has 0 radical (unpaired) electrons. The second-order valence-corrected chi connectivity index (χ2v) is 5.99. The van der Waals surface area contributed by atoms with Crippen molar-refractivity contribution in [3.63, 3.8) is 0 Å². The zero-order valence-electron chi connectivity index (χ0n) is 14.4. The second kappa shape index (κ2) is 7.52. The van der Waals surface area contributed by atoms with E-state index >= 15 is 0 Å². The van der Waals surface area contributed by atoms with Crippen LogP contribution in [0.5, 0.6) is 0 Å². The lowest BCUT2D eigenvalue weighted by atomic mass is 9.95. The van der Waals surface area contributed by atoms with Crippen LogP contribution in [0.3, 0.4) is 0 Å². The lowest BCUT2D eigenvalue weighted by molar-refractivity contribution is -0.0951. The van der Waals surface area contributed by atoms with Crippen molar-refractivity contribution in [2.75, 3.05) is 18.7 Å². The molecule has 1 aromatic rings. The van der Waals surface area contributed by atoms with Gasteiger partial charge in [-0.05, 0) is 24.6 Å². The molecule has 25 heavy (non-hydrogen) atoms. The van der Waals surface area contributed by atoms with Crippen LogP contribution in [-0.2, 0) is 4.84 Å². The molecule has 4 rings (SSSR count). The highest BCUT2D eigenvalue weighted by molar-refractivity contribution is 5.85. The average Bonchev–Trinajstić information content (AvgIpc) is 3.02. The lowest BCUT2D eigenvalue weighted by Gasteiger charge is -2.40. The first-order chi connectivity index (χ1) is 11.2. The van der Waals surface area contributed by atoms with Crippen LogP contribution < -0.4 is 4.90 Å². The quantitative estimate of drug-likeness (QED) is 0.771. The van der Waals surface area contributed by atoms with E-state index in [9.17, 15) is 0 Å². The predicted octanol–water partition coefficient (Wildman–Crippen LogP) is 4.12. The second-order valence-electron chi connectivity index (χ2n) is 5.99. The maximum atomic E-state index is 5.37. The largest absolute Gasteiger partial charge is 0.302 e. The maximum Gasteiger partial charge on any atom is 0.142 e. The van der Waals surface area contributed by atoms with Gasteiger partial charge in [0.05, 0.1) is 30.9 Å². The first-order valence-corrected chi connectivity index (χ1v) is 7.80. The molecule has 1 atom stereocenters. The molecule has 5 nitrogen and oxygen atoms in total. The van der Waals surface area contributed by atoms with E-state index in [1.807, 2.05) is 23.5 Å². The Morgan fingerprint density at radius 1 is 1.12 bits per heavy atom. The van der Waals surface area contributed by atoms with Gasteiger partial charge in [-0.1, -0.05) is 25.1 Å². The Kier molecular flexibility index (Phi) is 5.83. The SMILES string of the molecule is CON1C=C2C=NC3=C(N2C1)N(c1ccccc1)C=C(C)C3C.Cl.Cl. The zero-order chi connectivity index (χ0) is 16.0. The predicted molar refractivity (Wildman–Crippen MR) is 105 cm³/mol. The third-order valence-corrected chi connectivity index (χ3v) is 4.61. The summed E-state index contributed by atoms with van der Waals surface area (Å²) in [4.78, 5) is 14.6. The van der Waals surface area contributed by atoms with Gasteiger partial charge in [0.2, 0.25) is 0 Å². The van der Waals surface area contributed by atoms with Gasteiger partial charge in [0.1, 0.15) is 12.5 Å². The van der Waals surface area contributed by atoms with E-state index in [1.165, 1.54) is 5.57 Å². The van der Waals surface area contributed by atoms with Gasteiger partial charge in [0.15, 0.2) is 0 Å². The average molecular weight is 381 g/mol. The number of allylic oxidation sites excluding steroid dienone is 2. The summed E-state index contributed by atoms with van der Waals surface area (Å²) in [6.07, 6.45) is 6.12. The first kappa shape index (κ1) is 19.4. The Morgan fingerprint density at radius 2 is 1.84 bits per heavy atom. The molecule has 0 fully saturated rings. The van der Waals surface area contributed by atoms with Gasteiger partial charge in [-0.15, -0.1) is 24.8 Å². The minimum atomic E-state index is 0. The molecule has 0 aliphatic carbocycles. The number of anilines is 1. The molecular weight excluding hydrogens is 359 g/mol. The number of aliphatic imine (C=N–C) groups is 1. The number of halogens is 2. The Hall–Kier alpha value is -1.95. The van der Waals surface area contributed by atoms with Gasteiger partial charge >= 0.3 is 0 Å². The summed E-state index contributed by atoms with van der Waals surface area (Å²) in [5.41, 5.74) is 4.59. The normalized spacial score (nSPS) is 21.1. The Labute approximate surface area is 160 Å². The molecule has 3 heterocycles. The Balaban J connectivity index is 0.00000113. The van der Waals surface area contributed by atoms with E-state index in [4.69, 9.17) is 9.83 Å². The van der Waals surface area contributed by atoms with Crippen molar-refractivity contribution in [3.05, 3.63) is 65.5 Å². The van der Waals surface area contributed by atoms with Crippen LogP contribution in [0.15, 0.2) is 70.5 Å². The fourth-order valence-electron chi connectivity index (χ4n) is 3.15. The highest BCUT2D eigenvalue weighted by Gasteiger charge is 2.36. The lowest BCUT2D eigenvalue weighted by Crippen LogP contribution is -2.39. The fraction of sp³-hybridized carbons (Fsp3) is 0.278. The van der Waals surface area contributed by atoms with Crippen molar-refractivity contribution in [3.8, 4) is 0 Å². The minimum absolute atomic E-state index is 0. The minimum Gasteiger partial charge on any atom is -0.302 e. The number of benzene rings is 1. The third kappa shape index (κ3) is 3.15. The molecule has 0 spiro atoms. The summed E-state index contributed by atoms with van der Waals surface area (Å²) >= 11 is 0. The fourth-order valence-corrected chi connectivity index (χ4v) is 3.15. The van der Waals surface area contributed by atoms with Gasteiger partial charge < -0.3 is 9.80 Å². The molecule has 0 bridgehead atoms. The number of fused-ring (bicyclic) bond motifs is 2. The van der Waals surface area contributed by atoms with Crippen LogP contribution in [0.25, 0.3) is 0 Å². The number of rotatable bonds is 2. The Morgan fingerprint density at radius 3 is 2.52 bits per heavy atom. The van der Waals surface area contributed by atoms with Crippen molar-refractivity contribution in [1.82, 2.24) is 9.96 Å². The number of hydrogen-bond donors (Lipinski definition) is 0. The molecule has 0 amide bonds. The van der Waals surface area contributed by atoms with E-state index in [0.29, 0.717) is 12.6 Å². The zero-order valence-corrected chi connectivity index (χ0v) is 16.0. The number of para-hydroxylation sites is 1. The van der Waals surface area contributed by atoms with Crippen molar-refractivity contribution >= 4 is 36.7 Å². The summed E-state index contributed by atoms with van der Waals surface area (Å²) in [5, 5.41) is 1.82. The van der Waals surface area contributed by atoms with Crippen molar-refractivity contribution in [2.45, 2.75) is 13.8 Å². The number of nitrogens with zero attached hydrogens (tertiary/aromatic N) is 4. The van der Waals surface area contributed by atoms with Crippen molar-refractivity contribution < 1.29 is 4.84 Å². The van der Waals surface area contributed by atoms with Crippen LogP contribution in [0.2, 0.25) is 0 Å². The van der Waals surface area contributed by atoms with Crippen LogP contribution in [0.1, 0.15) is 13.8 Å². The van der Waals surface area contributed by atoms with Gasteiger partial charge in [-0.2, -0.15) is 0 Å². The first-order valence-electron chi connectivity index (χ1n) is 7.80. The molecule has 0 aromatic heterocycles. The van der Waals surface area contributed by atoms with Crippen LogP contribution in [-0.4, -0.2) is 30.0 Å². The van der Waals surface area contributed by atoms with Crippen molar-refractivity contribution in [1.29, 1.82) is 0 Å². The summed E-state index contributed by atoms with van der Waals surface area (Å²) < 4.78 is 0. The van der Waals surface area contributed by atoms with Crippen LogP contribution in [0.4, 0.5) is 5.69 Å². The van der Waals surface area contributed by atoms with Gasteiger partial charge in [-0.25, -0.2) is 5.06 Å².